The number of nitrogens with one attached hydrogen (secondary N) is 5. The fourth-order valence-electron chi connectivity index (χ4n) is 9.23. The number of likely N-dealkylation sites (tertiary alicyclic amines) is 1. The van der Waals surface area contributed by atoms with Gasteiger partial charge in [0.1, 0.15) is 23.9 Å². The van der Waals surface area contributed by atoms with Crippen molar-refractivity contribution in [3.05, 3.63) is 136 Å². The van der Waals surface area contributed by atoms with E-state index in [4.69, 9.17) is 9.47 Å². The van der Waals surface area contributed by atoms with Crippen LogP contribution in [0, 0.1) is 12.3 Å². The van der Waals surface area contributed by atoms with E-state index in [1.165, 1.54) is 16.2 Å². The molecule has 76 heavy (non-hydrogen) atoms. The van der Waals surface area contributed by atoms with Crippen LogP contribution in [-0.2, 0) is 35.2 Å². The average Bonchev–Trinajstić information content (AvgIpc) is 4.24. The number of fused-ring (bicyclic) bond motifs is 1. The van der Waals surface area contributed by atoms with E-state index in [9.17, 15) is 29.1 Å². The highest BCUT2D eigenvalue weighted by molar-refractivity contribution is 7.14. The molecule has 6 N–H and O–H groups in total. The largest absolute Gasteiger partial charge is 0.391 e. The van der Waals surface area contributed by atoms with Gasteiger partial charge in [0.05, 0.1) is 54.7 Å². The second-order valence-corrected chi connectivity index (χ2v) is 21.7. The highest BCUT2D eigenvalue weighted by Crippen LogP contribution is 2.36. The number of anilines is 2. The summed E-state index contributed by atoms with van der Waals surface area (Å²) in [5.41, 5.74) is 7.85. The van der Waals surface area contributed by atoms with Crippen molar-refractivity contribution in [3.8, 4) is 21.6 Å². The Kier molecular flexibility index (Phi) is 18.7. The molecule has 1 fully saturated rings. The molecular formula is C56H66N10O8S2. The molecule has 0 spiro atoms. The van der Waals surface area contributed by atoms with Crippen LogP contribution >= 0.6 is 22.7 Å². The van der Waals surface area contributed by atoms with Gasteiger partial charge in [-0.2, -0.15) is 0 Å². The molecule has 400 valence electrons. The number of benzene rings is 3. The lowest BCUT2D eigenvalue weighted by Gasteiger charge is -2.35. The predicted molar refractivity (Wildman–Crippen MR) is 293 cm³/mol. The lowest BCUT2D eigenvalue weighted by molar-refractivity contribution is -0.144. The Morgan fingerprint density at radius 2 is 1.58 bits per heavy atom. The Bertz CT molecular complexity index is 2920. The molecule has 0 bridgehead atoms. The average molecular weight is 1070 g/mol. The minimum Gasteiger partial charge on any atom is -0.391 e. The first kappa shape index (κ1) is 55.3. The van der Waals surface area contributed by atoms with Crippen LogP contribution in [0.3, 0.4) is 0 Å². The minimum absolute atomic E-state index is 0.0128. The number of carbonyl (C=O) groups is 5. The highest BCUT2D eigenvalue weighted by Gasteiger charge is 2.45. The van der Waals surface area contributed by atoms with Crippen LogP contribution < -0.4 is 26.6 Å². The van der Waals surface area contributed by atoms with Crippen molar-refractivity contribution in [3.63, 3.8) is 0 Å². The second-order valence-electron chi connectivity index (χ2n) is 19.9. The third kappa shape index (κ3) is 14.1. The van der Waals surface area contributed by atoms with Crippen LogP contribution in [0.25, 0.3) is 21.6 Å². The molecule has 1 saturated heterocycles. The summed E-state index contributed by atoms with van der Waals surface area (Å²) in [6.45, 7) is 12.8. The first-order valence-electron chi connectivity index (χ1n) is 25.5. The molecule has 8 rings (SSSR count). The summed E-state index contributed by atoms with van der Waals surface area (Å²) in [6, 6.07) is 23.8. The van der Waals surface area contributed by atoms with Gasteiger partial charge < -0.3 is 45.6 Å². The first-order chi connectivity index (χ1) is 36.6. The summed E-state index contributed by atoms with van der Waals surface area (Å²) in [6.07, 6.45) is 2.64. The molecule has 5 heterocycles. The molecule has 1 unspecified atom stereocenters. The number of β-amino-alcohol motifs (C(OH)–C–C–N with tert-alkyl or cyclic N) is 1. The highest BCUT2D eigenvalue weighted by atomic mass is 32.1. The van der Waals surface area contributed by atoms with E-state index in [-0.39, 0.29) is 62.3 Å². The number of aryl methyl sites for hydroxylation is 1. The predicted octanol–water partition coefficient (Wildman–Crippen LogP) is 6.77. The maximum absolute atomic E-state index is 14.1. The van der Waals surface area contributed by atoms with Crippen molar-refractivity contribution in [2.75, 3.05) is 63.2 Å². The summed E-state index contributed by atoms with van der Waals surface area (Å²) in [7, 11) is 0. The zero-order valence-electron chi connectivity index (χ0n) is 43.4. The van der Waals surface area contributed by atoms with E-state index in [1.807, 2.05) is 125 Å². The number of carbonyl (C=O) groups excluding carboxylic acids is 5. The number of hydrogen-bond donors (Lipinski definition) is 6. The molecule has 2 aliphatic heterocycles. The van der Waals surface area contributed by atoms with Gasteiger partial charge in [-0.25, -0.2) is 15.0 Å². The van der Waals surface area contributed by atoms with Crippen molar-refractivity contribution >= 4 is 63.2 Å². The van der Waals surface area contributed by atoms with Gasteiger partial charge in [0.25, 0.3) is 11.8 Å². The maximum Gasteiger partial charge on any atom is 0.255 e. The van der Waals surface area contributed by atoms with Crippen LogP contribution in [0.1, 0.15) is 85.4 Å². The minimum atomic E-state index is -0.939. The van der Waals surface area contributed by atoms with Gasteiger partial charge in [-0.05, 0) is 65.3 Å². The fraction of sp³-hybridized carbons (Fsp3) is 0.393. The third-order valence-electron chi connectivity index (χ3n) is 13.3. The maximum atomic E-state index is 14.1. The van der Waals surface area contributed by atoms with E-state index >= 15 is 0 Å². The van der Waals surface area contributed by atoms with Gasteiger partial charge in [-0.3, -0.25) is 29.3 Å². The van der Waals surface area contributed by atoms with E-state index in [1.54, 1.807) is 34.0 Å². The number of nitrogens with zero attached hydrogens (tertiary/aromatic N) is 5. The van der Waals surface area contributed by atoms with Gasteiger partial charge in [0.15, 0.2) is 5.13 Å². The van der Waals surface area contributed by atoms with E-state index in [2.05, 4.69) is 41.5 Å². The van der Waals surface area contributed by atoms with Crippen molar-refractivity contribution < 1.29 is 38.6 Å². The van der Waals surface area contributed by atoms with Gasteiger partial charge >= 0.3 is 0 Å². The number of ether oxygens (including phenoxy) is 2. The zero-order chi connectivity index (χ0) is 53.8. The van der Waals surface area contributed by atoms with E-state index in [0.29, 0.717) is 61.5 Å². The molecule has 6 aromatic rings. The molecule has 0 radical (unpaired) electrons. The van der Waals surface area contributed by atoms with Crippen LogP contribution in [0.4, 0.5) is 10.9 Å². The summed E-state index contributed by atoms with van der Waals surface area (Å²) < 4.78 is 11.4. The number of hydrogen-bond acceptors (Lipinski definition) is 15. The standard InChI is InChI=1S/C56H66N10O8S2/c1-35(37-11-13-39(14-12-37)49-36(2)61-34-76-49)62-51(69)45-30-43(67)33-65(45)54(72)50(56(3,4)5)63-47(68)19-24-73-26-27-74-25-22-57-20-21-58-46-18-17-41(31-60-46)40-15-16-42-32-66(53(71)44(42)29-40)48(38-9-7-6-8-10-38)52(70)64-55-59-23-28-75-55/h6-18,23,28-29,31,34-35,43,45,48,50,57,67H,19-22,24-27,30,32-33H2,1-5H3,(H,58,60)(H,62,69)(H,63,68)(H,59,64,70)/t35-,43+,45-,48?,50+/m0/s1. The number of pyridine rings is 1. The molecule has 3 aromatic carbocycles. The number of aliphatic hydroxyl groups is 1. The van der Waals surface area contributed by atoms with Crippen molar-refractivity contribution in [1.82, 2.24) is 40.7 Å². The molecule has 3 aromatic heterocycles. The molecule has 20 heteroatoms. The molecular weight excluding hydrogens is 1000 g/mol. The zero-order valence-corrected chi connectivity index (χ0v) is 45.0. The summed E-state index contributed by atoms with van der Waals surface area (Å²) in [4.78, 5) is 85.5. The van der Waals surface area contributed by atoms with Crippen LogP contribution in [0.15, 0.2) is 108 Å². The number of amides is 5. The smallest absolute Gasteiger partial charge is 0.255 e. The van der Waals surface area contributed by atoms with Gasteiger partial charge in [0, 0.05) is 74.5 Å². The number of thiazole rings is 2. The molecule has 5 atom stereocenters. The van der Waals surface area contributed by atoms with E-state index in [0.717, 1.165) is 38.4 Å². The SMILES string of the molecule is Cc1ncsc1-c1ccc([C@H](C)NC(=O)[C@@H]2C[C@@H](O)CN2C(=O)[C@@H](NC(=O)CCOCCOCCNCCNc2ccc(-c3ccc4c(c3)C(=O)N(C(C(=O)Nc3nccs3)c3ccccc3)C4)cn2)C(C)(C)C)cc1. The normalized spacial score (nSPS) is 16.5. The fourth-order valence-corrected chi connectivity index (χ4v) is 10.6. The molecule has 2 aliphatic rings. The Balaban J connectivity index is 0.698. The molecule has 18 nitrogen and oxygen atoms in total. The number of aromatic nitrogens is 3. The number of aliphatic hydroxyl groups excluding tert-OH is 1. The lowest BCUT2D eigenvalue weighted by Crippen LogP contribution is -2.58. The Morgan fingerprint density at radius 1 is 0.829 bits per heavy atom. The summed E-state index contributed by atoms with van der Waals surface area (Å²) in [5, 5.41) is 28.3. The van der Waals surface area contributed by atoms with Gasteiger partial charge in [0.2, 0.25) is 17.7 Å². The van der Waals surface area contributed by atoms with E-state index < -0.39 is 35.6 Å². The summed E-state index contributed by atoms with van der Waals surface area (Å²) >= 11 is 2.89. The van der Waals surface area contributed by atoms with Crippen molar-refractivity contribution in [2.45, 2.75) is 84.3 Å². The Labute approximate surface area is 451 Å². The topological polar surface area (TPSA) is 229 Å². The van der Waals surface area contributed by atoms with Crippen molar-refractivity contribution in [1.29, 1.82) is 0 Å². The van der Waals surface area contributed by atoms with Crippen molar-refractivity contribution in [2.24, 2.45) is 5.41 Å². The van der Waals surface area contributed by atoms with Gasteiger partial charge in [-0.1, -0.05) is 87.5 Å². The summed E-state index contributed by atoms with van der Waals surface area (Å²) in [5.74, 6) is -0.987. The Morgan fingerprint density at radius 3 is 2.28 bits per heavy atom. The molecule has 0 aliphatic carbocycles. The van der Waals surface area contributed by atoms with Crippen LogP contribution in [0.5, 0.6) is 0 Å². The lowest BCUT2D eigenvalue weighted by atomic mass is 9.85. The molecule has 0 saturated carbocycles. The second kappa shape index (κ2) is 25.7. The first-order valence-corrected chi connectivity index (χ1v) is 27.2. The number of rotatable bonds is 24. The third-order valence-corrected chi connectivity index (χ3v) is 15.0. The quantitative estimate of drug-likeness (QED) is 0.0345. The van der Waals surface area contributed by atoms with Gasteiger partial charge in [-0.15, -0.1) is 22.7 Å². The monoisotopic (exact) mass is 1070 g/mol. The molecule has 5 amide bonds. The Hall–Kier alpha value is -6.94. The van der Waals surface area contributed by atoms with Crippen LogP contribution in [0.2, 0.25) is 0 Å². The van der Waals surface area contributed by atoms with Crippen LogP contribution in [-0.4, -0.2) is 130 Å².